The molecular formula is C14H19N3O2. The molecule has 5 nitrogen and oxygen atoms in total. The number of benzene rings is 1. The lowest BCUT2D eigenvalue weighted by molar-refractivity contribution is -0.155. The molecule has 1 aromatic carbocycles. The summed E-state index contributed by atoms with van der Waals surface area (Å²) in [7, 11) is 0. The van der Waals surface area contributed by atoms with Gasteiger partial charge >= 0.3 is 11.8 Å². The fourth-order valence-electron chi connectivity index (χ4n) is 2.25. The maximum absolute atomic E-state index is 11.9. The van der Waals surface area contributed by atoms with Crippen LogP contribution in [0.4, 0.5) is 5.69 Å². The molecule has 1 fully saturated rings. The Hall–Kier alpha value is -2.04. The SMILES string of the molecule is CCN1CCN(CCc2ccccc2N)C(=O)C1=O. The smallest absolute Gasteiger partial charge is 0.312 e. The highest BCUT2D eigenvalue weighted by Crippen LogP contribution is 2.13. The van der Waals surface area contributed by atoms with Gasteiger partial charge in [-0.1, -0.05) is 18.2 Å². The van der Waals surface area contributed by atoms with Crippen molar-refractivity contribution in [2.24, 2.45) is 0 Å². The number of para-hydroxylation sites is 1. The Labute approximate surface area is 113 Å². The van der Waals surface area contributed by atoms with E-state index < -0.39 is 11.8 Å². The van der Waals surface area contributed by atoms with E-state index in [1.807, 2.05) is 31.2 Å². The number of nitrogens with zero attached hydrogens (tertiary/aromatic N) is 2. The molecule has 0 atom stereocenters. The Bertz CT molecular complexity index is 487. The van der Waals surface area contributed by atoms with Crippen LogP contribution in [-0.2, 0) is 16.0 Å². The number of carbonyl (C=O) groups excluding carboxylic acids is 2. The number of anilines is 1. The van der Waals surface area contributed by atoms with Crippen molar-refractivity contribution in [1.29, 1.82) is 0 Å². The van der Waals surface area contributed by atoms with E-state index in [0.29, 0.717) is 32.6 Å². The summed E-state index contributed by atoms with van der Waals surface area (Å²) in [5.41, 5.74) is 7.61. The average Bonchev–Trinajstić information content (AvgIpc) is 2.42. The number of amides is 2. The maximum atomic E-state index is 11.9. The van der Waals surface area contributed by atoms with Gasteiger partial charge in [-0.25, -0.2) is 0 Å². The molecule has 1 aliphatic rings. The van der Waals surface area contributed by atoms with Gasteiger partial charge in [0.05, 0.1) is 0 Å². The van der Waals surface area contributed by atoms with Gasteiger partial charge in [-0.05, 0) is 25.0 Å². The van der Waals surface area contributed by atoms with Gasteiger partial charge in [0.1, 0.15) is 0 Å². The van der Waals surface area contributed by atoms with Gasteiger partial charge in [0.25, 0.3) is 0 Å². The number of piperazine rings is 1. The number of rotatable bonds is 4. The summed E-state index contributed by atoms with van der Waals surface area (Å²) in [6.07, 6.45) is 0.678. The fraction of sp³-hybridized carbons (Fsp3) is 0.429. The number of carbonyl (C=O) groups is 2. The van der Waals surface area contributed by atoms with Crippen molar-refractivity contribution < 1.29 is 9.59 Å². The largest absolute Gasteiger partial charge is 0.399 e. The number of nitrogens with two attached hydrogens (primary N) is 1. The van der Waals surface area contributed by atoms with Gasteiger partial charge in [-0.2, -0.15) is 0 Å². The molecule has 0 radical (unpaired) electrons. The Kier molecular flexibility index (Phi) is 4.04. The van der Waals surface area contributed by atoms with Crippen molar-refractivity contribution in [2.75, 3.05) is 31.9 Å². The van der Waals surface area contributed by atoms with Crippen molar-refractivity contribution in [3.63, 3.8) is 0 Å². The van der Waals surface area contributed by atoms with Gasteiger partial charge in [-0.3, -0.25) is 9.59 Å². The van der Waals surface area contributed by atoms with Crippen LogP contribution in [0.3, 0.4) is 0 Å². The second-order valence-electron chi connectivity index (χ2n) is 4.63. The lowest BCUT2D eigenvalue weighted by Crippen LogP contribution is -2.54. The monoisotopic (exact) mass is 261 g/mol. The van der Waals surface area contributed by atoms with E-state index >= 15 is 0 Å². The predicted octanol–water partition coefficient (Wildman–Crippen LogP) is 0.502. The van der Waals surface area contributed by atoms with E-state index in [-0.39, 0.29) is 0 Å². The average molecular weight is 261 g/mol. The minimum atomic E-state index is -0.400. The first-order valence-corrected chi connectivity index (χ1v) is 6.55. The van der Waals surface area contributed by atoms with E-state index in [2.05, 4.69) is 0 Å². The lowest BCUT2D eigenvalue weighted by atomic mass is 10.1. The van der Waals surface area contributed by atoms with Crippen LogP contribution in [0.25, 0.3) is 0 Å². The standard InChI is InChI=1S/C14H19N3O2/c1-2-16-9-10-17(14(19)13(16)18)8-7-11-5-3-4-6-12(11)15/h3-6H,2,7-10,15H2,1H3. The Morgan fingerprint density at radius 1 is 1.11 bits per heavy atom. The minimum Gasteiger partial charge on any atom is -0.399 e. The Morgan fingerprint density at radius 3 is 2.42 bits per heavy atom. The number of nitrogen functional groups attached to an aromatic ring is 1. The molecule has 0 saturated carbocycles. The van der Waals surface area contributed by atoms with Gasteiger partial charge in [0.2, 0.25) is 0 Å². The molecule has 2 N–H and O–H groups in total. The highest BCUT2D eigenvalue weighted by Gasteiger charge is 2.31. The van der Waals surface area contributed by atoms with Gasteiger partial charge in [0, 0.05) is 31.9 Å². The zero-order valence-electron chi connectivity index (χ0n) is 11.1. The summed E-state index contributed by atoms with van der Waals surface area (Å²) in [4.78, 5) is 26.9. The maximum Gasteiger partial charge on any atom is 0.312 e. The molecule has 0 bridgehead atoms. The minimum absolute atomic E-state index is 0.394. The topological polar surface area (TPSA) is 66.6 Å². The number of hydrogen-bond acceptors (Lipinski definition) is 3. The molecule has 1 aromatic rings. The predicted molar refractivity (Wildman–Crippen MR) is 73.4 cm³/mol. The zero-order valence-corrected chi connectivity index (χ0v) is 11.1. The molecule has 1 saturated heterocycles. The first-order chi connectivity index (χ1) is 9.13. The van der Waals surface area contributed by atoms with Crippen molar-refractivity contribution in [3.8, 4) is 0 Å². The molecule has 2 rings (SSSR count). The molecule has 2 amide bonds. The second kappa shape index (κ2) is 5.73. The molecule has 0 spiro atoms. The first kappa shape index (κ1) is 13.4. The molecule has 102 valence electrons. The summed E-state index contributed by atoms with van der Waals surface area (Å²) in [6, 6.07) is 7.60. The van der Waals surface area contributed by atoms with Crippen LogP contribution in [0.2, 0.25) is 0 Å². The van der Waals surface area contributed by atoms with Crippen molar-refractivity contribution >= 4 is 17.5 Å². The second-order valence-corrected chi connectivity index (χ2v) is 4.63. The van der Waals surface area contributed by atoms with Gasteiger partial charge in [0.15, 0.2) is 0 Å². The van der Waals surface area contributed by atoms with Gasteiger partial charge < -0.3 is 15.5 Å². The molecule has 0 unspecified atom stereocenters. The Balaban J connectivity index is 1.96. The van der Waals surface area contributed by atoms with Crippen LogP contribution in [0.15, 0.2) is 24.3 Å². The van der Waals surface area contributed by atoms with Crippen LogP contribution in [0.5, 0.6) is 0 Å². The van der Waals surface area contributed by atoms with Crippen molar-refractivity contribution in [3.05, 3.63) is 29.8 Å². The normalized spacial score (nSPS) is 16.1. The van der Waals surface area contributed by atoms with E-state index in [4.69, 9.17) is 5.73 Å². The summed E-state index contributed by atoms with van der Waals surface area (Å²) < 4.78 is 0. The lowest BCUT2D eigenvalue weighted by Gasteiger charge is -2.33. The third-order valence-electron chi connectivity index (χ3n) is 3.49. The highest BCUT2D eigenvalue weighted by atomic mass is 16.2. The summed E-state index contributed by atoms with van der Waals surface area (Å²) in [5.74, 6) is -0.794. The van der Waals surface area contributed by atoms with E-state index in [9.17, 15) is 9.59 Å². The number of hydrogen-bond donors (Lipinski definition) is 1. The summed E-state index contributed by atoms with van der Waals surface area (Å²) in [5, 5.41) is 0. The van der Waals surface area contributed by atoms with Crippen LogP contribution in [0, 0.1) is 0 Å². The van der Waals surface area contributed by atoms with Crippen LogP contribution in [0.1, 0.15) is 12.5 Å². The number of likely N-dealkylation sites (N-methyl/N-ethyl adjacent to an activating group) is 1. The zero-order chi connectivity index (χ0) is 13.8. The first-order valence-electron chi connectivity index (χ1n) is 6.55. The Morgan fingerprint density at radius 2 is 1.74 bits per heavy atom. The molecule has 0 aliphatic carbocycles. The molecule has 1 heterocycles. The molecule has 5 heteroatoms. The van der Waals surface area contributed by atoms with E-state index in [0.717, 1.165) is 11.3 Å². The molecule has 0 aromatic heterocycles. The van der Waals surface area contributed by atoms with Crippen LogP contribution >= 0.6 is 0 Å². The fourth-order valence-corrected chi connectivity index (χ4v) is 2.25. The van der Waals surface area contributed by atoms with Crippen LogP contribution in [-0.4, -0.2) is 47.8 Å². The van der Waals surface area contributed by atoms with Crippen molar-refractivity contribution in [1.82, 2.24) is 9.80 Å². The van der Waals surface area contributed by atoms with E-state index in [1.165, 1.54) is 0 Å². The molecular weight excluding hydrogens is 242 g/mol. The van der Waals surface area contributed by atoms with Gasteiger partial charge in [-0.15, -0.1) is 0 Å². The molecule has 19 heavy (non-hydrogen) atoms. The summed E-state index contributed by atoms with van der Waals surface area (Å²) in [6.45, 7) is 4.22. The highest BCUT2D eigenvalue weighted by molar-refractivity contribution is 6.35. The third-order valence-corrected chi connectivity index (χ3v) is 3.49. The quantitative estimate of drug-likeness (QED) is 0.634. The van der Waals surface area contributed by atoms with Crippen molar-refractivity contribution in [2.45, 2.75) is 13.3 Å². The molecule has 1 aliphatic heterocycles. The third kappa shape index (κ3) is 2.86. The van der Waals surface area contributed by atoms with Crippen LogP contribution < -0.4 is 5.73 Å². The van der Waals surface area contributed by atoms with E-state index in [1.54, 1.807) is 9.80 Å². The summed E-state index contributed by atoms with van der Waals surface area (Å²) >= 11 is 0.